The van der Waals surface area contributed by atoms with Crippen LogP contribution in [0.5, 0.6) is 0 Å². The van der Waals surface area contributed by atoms with Crippen LogP contribution >= 0.6 is 11.6 Å². The van der Waals surface area contributed by atoms with E-state index in [1.54, 1.807) is 41.2 Å². The Kier molecular flexibility index (Phi) is 4.96. The summed E-state index contributed by atoms with van der Waals surface area (Å²) in [6.07, 6.45) is 3.27. The number of hydrogen-bond acceptors (Lipinski definition) is 3. The van der Waals surface area contributed by atoms with Crippen LogP contribution in [-0.4, -0.2) is 16.1 Å². The summed E-state index contributed by atoms with van der Waals surface area (Å²) in [7, 11) is 0. The van der Waals surface area contributed by atoms with E-state index in [1.165, 1.54) is 5.56 Å². The minimum absolute atomic E-state index is 0.180. The van der Waals surface area contributed by atoms with E-state index in [2.05, 4.69) is 29.4 Å². The third-order valence-corrected chi connectivity index (χ3v) is 4.14. The molecule has 0 aliphatic heterocycles. The van der Waals surface area contributed by atoms with Crippen molar-refractivity contribution < 1.29 is 0 Å². The summed E-state index contributed by atoms with van der Waals surface area (Å²) < 4.78 is 1.55. The van der Waals surface area contributed by atoms with E-state index in [0.717, 1.165) is 5.69 Å². The zero-order valence-electron chi connectivity index (χ0n) is 13.3. The highest BCUT2D eigenvalue weighted by molar-refractivity contribution is 6.30. The first kappa shape index (κ1) is 16.3. The summed E-state index contributed by atoms with van der Waals surface area (Å²) in [5, 5.41) is 3.80. The van der Waals surface area contributed by atoms with Gasteiger partial charge in [-0.25, -0.2) is 4.98 Å². The summed E-state index contributed by atoms with van der Waals surface area (Å²) in [4.78, 5) is 16.8. The standard InChI is InChI=1S/C19H18ClN3O/c1-14(15-5-3-2-4-6-15)13-22-18-19(24)23(12-11-21-18)17-9-7-16(20)8-10-17/h2-12,14H,13H2,1H3,(H,21,22). The van der Waals surface area contributed by atoms with Gasteiger partial charge in [0.25, 0.3) is 5.56 Å². The maximum atomic E-state index is 12.6. The van der Waals surface area contributed by atoms with Gasteiger partial charge >= 0.3 is 0 Å². The Morgan fingerprint density at radius 3 is 2.54 bits per heavy atom. The fourth-order valence-electron chi connectivity index (χ4n) is 2.49. The van der Waals surface area contributed by atoms with E-state index in [4.69, 9.17) is 11.6 Å². The lowest BCUT2D eigenvalue weighted by atomic mass is 10.0. The minimum atomic E-state index is -0.180. The summed E-state index contributed by atoms with van der Waals surface area (Å²) in [5.74, 6) is 0.617. The molecule has 5 heteroatoms. The Morgan fingerprint density at radius 2 is 1.83 bits per heavy atom. The smallest absolute Gasteiger partial charge is 0.297 e. The molecule has 0 aliphatic carbocycles. The molecule has 1 aromatic heterocycles. The number of hydrogen-bond donors (Lipinski definition) is 1. The normalized spacial score (nSPS) is 11.9. The largest absolute Gasteiger partial charge is 0.365 e. The monoisotopic (exact) mass is 339 g/mol. The molecule has 1 heterocycles. The maximum absolute atomic E-state index is 12.6. The lowest BCUT2D eigenvalue weighted by Gasteiger charge is -2.14. The Bertz CT molecular complexity index is 860. The van der Waals surface area contributed by atoms with Crippen LogP contribution in [0.4, 0.5) is 5.82 Å². The van der Waals surface area contributed by atoms with Crippen LogP contribution in [0.15, 0.2) is 71.8 Å². The molecule has 1 atom stereocenters. The molecule has 0 aliphatic rings. The van der Waals surface area contributed by atoms with Crippen LogP contribution in [0.3, 0.4) is 0 Å². The molecule has 24 heavy (non-hydrogen) atoms. The Hall–Kier alpha value is -2.59. The topological polar surface area (TPSA) is 46.9 Å². The Morgan fingerprint density at radius 1 is 1.12 bits per heavy atom. The summed E-state index contributed by atoms with van der Waals surface area (Å²) >= 11 is 5.90. The van der Waals surface area contributed by atoms with Crippen LogP contribution in [-0.2, 0) is 0 Å². The van der Waals surface area contributed by atoms with Crippen LogP contribution in [0.2, 0.25) is 5.02 Å². The average molecular weight is 340 g/mol. The van der Waals surface area contributed by atoms with Crippen molar-refractivity contribution in [2.75, 3.05) is 11.9 Å². The minimum Gasteiger partial charge on any atom is -0.365 e. The van der Waals surface area contributed by atoms with E-state index in [9.17, 15) is 4.79 Å². The highest BCUT2D eigenvalue weighted by Crippen LogP contribution is 2.15. The molecule has 1 unspecified atom stereocenters. The molecule has 0 radical (unpaired) electrons. The Balaban J connectivity index is 1.79. The number of rotatable bonds is 5. The lowest BCUT2D eigenvalue weighted by molar-refractivity contribution is 0.796. The first-order valence-corrected chi connectivity index (χ1v) is 8.15. The second kappa shape index (κ2) is 7.32. The third-order valence-electron chi connectivity index (χ3n) is 3.89. The van der Waals surface area contributed by atoms with Gasteiger partial charge in [0.2, 0.25) is 0 Å². The molecule has 2 aromatic carbocycles. The molecule has 0 spiro atoms. The van der Waals surface area contributed by atoms with Gasteiger partial charge in [-0.1, -0.05) is 48.9 Å². The van der Waals surface area contributed by atoms with Gasteiger partial charge in [0.05, 0.1) is 0 Å². The highest BCUT2D eigenvalue weighted by atomic mass is 35.5. The van der Waals surface area contributed by atoms with Gasteiger partial charge in [0.1, 0.15) is 0 Å². The highest BCUT2D eigenvalue weighted by Gasteiger charge is 2.09. The Labute approximate surface area is 145 Å². The molecule has 0 amide bonds. The predicted molar refractivity (Wildman–Crippen MR) is 98.2 cm³/mol. The van der Waals surface area contributed by atoms with Crippen molar-refractivity contribution >= 4 is 17.4 Å². The molecular formula is C19H18ClN3O. The quantitative estimate of drug-likeness (QED) is 0.761. The number of benzene rings is 2. The maximum Gasteiger partial charge on any atom is 0.297 e. The van der Waals surface area contributed by atoms with Crippen LogP contribution in [0.1, 0.15) is 18.4 Å². The molecule has 4 nitrogen and oxygen atoms in total. The molecule has 0 bridgehead atoms. The van der Waals surface area contributed by atoms with Crippen LogP contribution < -0.4 is 10.9 Å². The fourth-order valence-corrected chi connectivity index (χ4v) is 2.61. The van der Waals surface area contributed by atoms with Crippen LogP contribution in [0.25, 0.3) is 5.69 Å². The van der Waals surface area contributed by atoms with Gasteiger partial charge in [-0.3, -0.25) is 9.36 Å². The molecule has 3 rings (SSSR count). The van der Waals surface area contributed by atoms with Crippen molar-refractivity contribution in [1.29, 1.82) is 0 Å². The SMILES string of the molecule is CC(CNc1nccn(-c2ccc(Cl)cc2)c1=O)c1ccccc1. The van der Waals surface area contributed by atoms with Gasteiger partial charge in [0.15, 0.2) is 5.82 Å². The van der Waals surface area contributed by atoms with Crippen molar-refractivity contribution in [1.82, 2.24) is 9.55 Å². The molecule has 0 saturated heterocycles. The number of halogens is 1. The third kappa shape index (κ3) is 3.66. The van der Waals surface area contributed by atoms with Gasteiger partial charge in [-0.15, -0.1) is 0 Å². The fraction of sp³-hybridized carbons (Fsp3) is 0.158. The van der Waals surface area contributed by atoms with Crippen molar-refractivity contribution in [3.63, 3.8) is 0 Å². The molecule has 3 aromatic rings. The van der Waals surface area contributed by atoms with E-state index >= 15 is 0 Å². The first-order chi connectivity index (χ1) is 11.6. The first-order valence-electron chi connectivity index (χ1n) is 7.77. The number of anilines is 1. The van der Waals surface area contributed by atoms with Gasteiger partial charge < -0.3 is 5.32 Å². The van der Waals surface area contributed by atoms with Crippen molar-refractivity contribution in [3.8, 4) is 5.69 Å². The van der Waals surface area contributed by atoms with Gasteiger partial charge in [-0.05, 0) is 35.7 Å². The zero-order valence-corrected chi connectivity index (χ0v) is 14.1. The number of nitrogens with one attached hydrogen (secondary N) is 1. The zero-order chi connectivity index (χ0) is 16.9. The van der Waals surface area contributed by atoms with E-state index in [-0.39, 0.29) is 11.5 Å². The second-order valence-corrected chi connectivity index (χ2v) is 6.06. The summed E-state index contributed by atoms with van der Waals surface area (Å²) in [6.45, 7) is 2.75. The second-order valence-electron chi connectivity index (χ2n) is 5.62. The average Bonchev–Trinajstić information content (AvgIpc) is 2.62. The van der Waals surface area contributed by atoms with Crippen molar-refractivity contribution in [2.24, 2.45) is 0 Å². The summed E-state index contributed by atoms with van der Waals surface area (Å²) in [5.41, 5.74) is 1.80. The predicted octanol–water partition coefficient (Wildman–Crippen LogP) is 4.10. The van der Waals surface area contributed by atoms with Crippen molar-refractivity contribution in [3.05, 3.63) is 87.9 Å². The summed E-state index contributed by atoms with van der Waals surface area (Å²) in [6, 6.07) is 17.3. The van der Waals surface area contributed by atoms with E-state index in [0.29, 0.717) is 17.4 Å². The van der Waals surface area contributed by atoms with Gasteiger partial charge in [0, 0.05) is 29.6 Å². The molecule has 1 N–H and O–H groups in total. The molecular weight excluding hydrogens is 322 g/mol. The van der Waals surface area contributed by atoms with Crippen LogP contribution in [0, 0.1) is 0 Å². The van der Waals surface area contributed by atoms with E-state index in [1.807, 2.05) is 18.2 Å². The number of nitrogens with zero attached hydrogens (tertiary/aromatic N) is 2. The van der Waals surface area contributed by atoms with Crippen molar-refractivity contribution in [2.45, 2.75) is 12.8 Å². The molecule has 122 valence electrons. The lowest BCUT2D eigenvalue weighted by Crippen LogP contribution is -2.24. The number of aromatic nitrogens is 2. The van der Waals surface area contributed by atoms with Gasteiger partial charge in [-0.2, -0.15) is 0 Å². The molecule has 0 fully saturated rings. The van der Waals surface area contributed by atoms with E-state index < -0.39 is 0 Å². The molecule has 0 saturated carbocycles.